The first-order valence-corrected chi connectivity index (χ1v) is 5.71. The smallest absolute Gasteiger partial charge is 0.328 e. The third-order valence-electron chi connectivity index (χ3n) is 2.00. The van der Waals surface area contributed by atoms with E-state index in [4.69, 9.17) is 15.4 Å². The van der Waals surface area contributed by atoms with E-state index in [-0.39, 0.29) is 18.9 Å². The van der Waals surface area contributed by atoms with Crippen molar-refractivity contribution in [3.05, 3.63) is 5.53 Å². The third-order valence-corrected chi connectivity index (χ3v) is 2.00. The summed E-state index contributed by atoms with van der Waals surface area (Å²) in [7, 11) is 0. The van der Waals surface area contributed by atoms with Gasteiger partial charge in [-0.2, -0.15) is 4.79 Å². The van der Waals surface area contributed by atoms with E-state index in [1.165, 1.54) is 0 Å². The predicted molar refractivity (Wildman–Crippen MR) is 64.2 cm³/mol. The van der Waals surface area contributed by atoms with Crippen LogP contribution in [0.2, 0.25) is 0 Å². The number of ether oxygens (including phenoxy) is 1. The van der Waals surface area contributed by atoms with Crippen LogP contribution < -0.4 is 5.32 Å². The quantitative estimate of drug-likeness (QED) is 0.255. The van der Waals surface area contributed by atoms with Crippen molar-refractivity contribution >= 4 is 23.9 Å². The van der Waals surface area contributed by atoms with Gasteiger partial charge in [0.1, 0.15) is 12.6 Å². The van der Waals surface area contributed by atoms with E-state index in [1.54, 1.807) is 13.8 Å². The Morgan fingerprint density at radius 2 is 2.05 bits per heavy atom. The molecule has 0 unspecified atom stereocenters. The van der Waals surface area contributed by atoms with Gasteiger partial charge >= 0.3 is 12.2 Å². The summed E-state index contributed by atoms with van der Waals surface area (Å²) in [6.45, 7) is 2.52. The van der Waals surface area contributed by atoms with Crippen LogP contribution in [0.1, 0.15) is 26.7 Å². The molecular weight excluding hydrogens is 254 g/mol. The van der Waals surface area contributed by atoms with Crippen LogP contribution in [-0.2, 0) is 19.1 Å². The van der Waals surface area contributed by atoms with E-state index in [9.17, 15) is 14.4 Å². The molecule has 0 aromatic heterocycles. The summed E-state index contributed by atoms with van der Waals surface area (Å²) in [6, 6.07) is -1.03. The fourth-order valence-corrected chi connectivity index (χ4v) is 1.22. The molecule has 0 rings (SSSR count). The number of esters is 1. The number of amides is 1. The minimum atomic E-state index is -1.03. The highest BCUT2D eigenvalue weighted by Crippen LogP contribution is 2.03. The summed E-state index contributed by atoms with van der Waals surface area (Å²) in [5.41, 5.74) is 8.17. The normalized spacial score (nSPS) is 11.4. The monoisotopic (exact) mass is 271 g/mol. The minimum absolute atomic E-state index is 0.0118. The topological polar surface area (TPSA) is 129 Å². The molecule has 0 aliphatic carbocycles. The molecule has 0 bridgehead atoms. The zero-order valence-electron chi connectivity index (χ0n) is 10.8. The van der Waals surface area contributed by atoms with Gasteiger partial charge in [0, 0.05) is 6.42 Å². The molecule has 0 fully saturated rings. The Labute approximate surface area is 110 Å². The number of nitrogens with zero attached hydrogens (tertiary/aromatic N) is 2. The van der Waals surface area contributed by atoms with Crippen LogP contribution in [0.15, 0.2) is 0 Å². The van der Waals surface area contributed by atoms with Gasteiger partial charge in [-0.1, -0.05) is 0 Å². The standard InChI is InChI=1S/C11H17N3O5/c1-7(2)19-11(18)9(14-10(17)6-15)4-3-8(16)5-13-12/h5,7,9,15H,3-4,6H2,1-2H3,(H,14,17)/t9-/m0/s1. The second kappa shape index (κ2) is 8.96. The van der Waals surface area contributed by atoms with Crippen LogP contribution in [0.3, 0.4) is 0 Å². The van der Waals surface area contributed by atoms with Crippen molar-refractivity contribution in [2.45, 2.75) is 38.8 Å². The Bertz CT molecular complexity index is 388. The Morgan fingerprint density at radius 1 is 1.42 bits per heavy atom. The van der Waals surface area contributed by atoms with E-state index in [0.29, 0.717) is 6.21 Å². The van der Waals surface area contributed by atoms with Crippen molar-refractivity contribution in [2.75, 3.05) is 6.61 Å². The SMILES string of the molecule is CC(C)OC(=O)[C@H](CCC(=O)C=[N+]=[N-])NC(=O)CO. The highest BCUT2D eigenvalue weighted by molar-refractivity contribution is 6.25. The van der Waals surface area contributed by atoms with Gasteiger partial charge in [-0.15, -0.1) is 0 Å². The lowest BCUT2D eigenvalue weighted by Crippen LogP contribution is -2.44. The highest BCUT2D eigenvalue weighted by Gasteiger charge is 2.24. The summed E-state index contributed by atoms with van der Waals surface area (Å²) < 4.78 is 4.92. The number of nitrogens with one attached hydrogen (secondary N) is 1. The Hall–Kier alpha value is -2.05. The fourth-order valence-electron chi connectivity index (χ4n) is 1.22. The van der Waals surface area contributed by atoms with Gasteiger partial charge in [-0.25, -0.2) is 4.79 Å². The molecule has 0 saturated heterocycles. The lowest BCUT2D eigenvalue weighted by molar-refractivity contribution is -0.152. The van der Waals surface area contributed by atoms with Crippen LogP contribution in [0.5, 0.6) is 0 Å². The third kappa shape index (κ3) is 7.80. The van der Waals surface area contributed by atoms with Crippen LogP contribution in [0.25, 0.3) is 5.53 Å². The van der Waals surface area contributed by atoms with Crippen LogP contribution in [0.4, 0.5) is 0 Å². The maximum atomic E-state index is 11.7. The second-order valence-electron chi connectivity index (χ2n) is 4.01. The zero-order chi connectivity index (χ0) is 14.8. The number of hydrogen-bond donors (Lipinski definition) is 2. The fraction of sp³-hybridized carbons (Fsp3) is 0.636. The minimum Gasteiger partial charge on any atom is -0.461 e. The van der Waals surface area contributed by atoms with Gasteiger partial charge < -0.3 is 20.7 Å². The number of carbonyl (C=O) groups is 3. The van der Waals surface area contributed by atoms with Gasteiger partial charge in [0.05, 0.1) is 6.10 Å². The number of rotatable bonds is 8. The van der Waals surface area contributed by atoms with Gasteiger partial charge in [-0.05, 0) is 20.3 Å². The maximum Gasteiger partial charge on any atom is 0.328 e. The number of hydrogen-bond acceptors (Lipinski definition) is 5. The number of aliphatic hydroxyl groups excluding tert-OH is 1. The molecule has 19 heavy (non-hydrogen) atoms. The molecule has 0 heterocycles. The summed E-state index contributed by atoms with van der Waals surface area (Å²) in [5, 5.41) is 10.9. The molecule has 0 aliphatic rings. The lowest BCUT2D eigenvalue weighted by atomic mass is 10.1. The average molecular weight is 271 g/mol. The molecule has 0 saturated carbocycles. The first-order chi connectivity index (χ1) is 8.90. The maximum absolute atomic E-state index is 11.7. The lowest BCUT2D eigenvalue weighted by Gasteiger charge is -2.18. The zero-order valence-corrected chi connectivity index (χ0v) is 10.8. The first kappa shape index (κ1) is 16.9. The van der Waals surface area contributed by atoms with E-state index >= 15 is 0 Å². The molecule has 0 aromatic carbocycles. The van der Waals surface area contributed by atoms with Gasteiger partial charge in [0.15, 0.2) is 0 Å². The van der Waals surface area contributed by atoms with Crippen LogP contribution >= 0.6 is 0 Å². The molecule has 0 radical (unpaired) electrons. The first-order valence-electron chi connectivity index (χ1n) is 5.71. The Kier molecular flexibility index (Phi) is 7.99. The van der Waals surface area contributed by atoms with E-state index in [2.05, 4.69) is 10.1 Å². The van der Waals surface area contributed by atoms with E-state index in [1.807, 2.05) is 0 Å². The van der Waals surface area contributed by atoms with Gasteiger partial charge in [0.25, 0.3) is 0 Å². The Balaban J connectivity index is 4.57. The largest absolute Gasteiger partial charge is 0.461 e. The van der Waals surface area contributed by atoms with Crippen molar-refractivity contribution in [3.63, 3.8) is 0 Å². The molecule has 2 N–H and O–H groups in total. The average Bonchev–Trinajstić information content (AvgIpc) is 2.33. The molecule has 0 aliphatic heterocycles. The molecule has 0 spiro atoms. The van der Waals surface area contributed by atoms with E-state index < -0.39 is 30.3 Å². The van der Waals surface area contributed by atoms with Gasteiger partial charge in [0.2, 0.25) is 11.7 Å². The number of Topliss-reactive ketones (excluding diaryl/α,β-unsaturated/α-hetero) is 1. The van der Waals surface area contributed by atoms with Crippen LogP contribution in [0, 0.1) is 0 Å². The van der Waals surface area contributed by atoms with Crippen molar-refractivity contribution < 1.29 is 29.0 Å². The van der Waals surface area contributed by atoms with E-state index in [0.717, 1.165) is 0 Å². The molecule has 8 heteroatoms. The Morgan fingerprint density at radius 3 is 2.53 bits per heavy atom. The summed E-state index contributed by atoms with van der Waals surface area (Å²) in [4.78, 5) is 36.4. The molecule has 8 nitrogen and oxygen atoms in total. The van der Waals surface area contributed by atoms with Crippen molar-refractivity contribution in [1.82, 2.24) is 5.32 Å². The molecule has 106 valence electrons. The summed E-state index contributed by atoms with van der Waals surface area (Å²) in [6.07, 6.45) is 0.227. The number of aliphatic hydroxyl groups is 1. The number of carbonyl (C=O) groups excluding carboxylic acids is 3. The highest BCUT2D eigenvalue weighted by atomic mass is 16.5. The van der Waals surface area contributed by atoms with Crippen molar-refractivity contribution in [1.29, 1.82) is 0 Å². The van der Waals surface area contributed by atoms with Gasteiger partial charge in [-0.3, -0.25) is 9.59 Å². The molecule has 0 aromatic rings. The predicted octanol–water partition coefficient (Wildman–Crippen LogP) is -0.935. The molecule has 1 atom stereocenters. The number of ketones is 1. The molecular formula is C11H17N3O5. The summed E-state index contributed by atoms with van der Waals surface area (Å²) in [5.74, 6) is -1.93. The van der Waals surface area contributed by atoms with Crippen molar-refractivity contribution in [3.8, 4) is 0 Å². The van der Waals surface area contributed by atoms with Crippen molar-refractivity contribution in [2.24, 2.45) is 0 Å². The summed E-state index contributed by atoms with van der Waals surface area (Å²) >= 11 is 0. The van der Waals surface area contributed by atoms with Crippen LogP contribution in [-0.4, -0.2) is 52.5 Å². The second-order valence-corrected chi connectivity index (χ2v) is 4.01. The molecule has 1 amide bonds.